The van der Waals surface area contributed by atoms with Crippen molar-refractivity contribution in [1.29, 1.82) is 0 Å². The van der Waals surface area contributed by atoms with Crippen LogP contribution in [-0.4, -0.2) is 16.1 Å². The minimum atomic E-state index is -4.23. The van der Waals surface area contributed by atoms with Gasteiger partial charge in [-0.2, -0.15) is 13.2 Å². The maximum Gasteiger partial charge on any atom is 0.389 e. The van der Waals surface area contributed by atoms with Gasteiger partial charge < -0.3 is 4.98 Å². The van der Waals surface area contributed by atoms with E-state index in [1.807, 2.05) is 29.5 Å². The number of hydrogen-bond donors (Lipinski definition) is 1. The average Bonchev–Trinajstić information content (AvgIpc) is 2.21. The highest BCUT2D eigenvalue weighted by Crippen LogP contribution is 2.21. The van der Waals surface area contributed by atoms with Crippen LogP contribution in [-0.2, 0) is 12.8 Å². The number of aromatic nitrogens is 2. The van der Waals surface area contributed by atoms with Gasteiger partial charge in [0.25, 0.3) is 5.56 Å². The molecule has 0 unspecified atom stereocenters. The molecule has 1 aromatic rings. The monoisotopic (exact) mass is 360 g/mol. The number of rotatable bonds is 4. The van der Waals surface area contributed by atoms with Crippen LogP contribution in [0.4, 0.5) is 13.2 Å². The van der Waals surface area contributed by atoms with Crippen LogP contribution in [0.2, 0.25) is 0 Å². The molecule has 0 atom stereocenters. The normalized spacial score (nSPS) is 11.8. The molecule has 7 heteroatoms. The molecule has 0 aromatic carbocycles. The Morgan fingerprint density at radius 1 is 1.35 bits per heavy atom. The highest BCUT2D eigenvalue weighted by molar-refractivity contribution is 14.1. The van der Waals surface area contributed by atoms with E-state index in [2.05, 4.69) is 9.97 Å². The summed E-state index contributed by atoms with van der Waals surface area (Å²) in [5, 5.41) is 0. The molecule has 0 aliphatic rings. The smallest absolute Gasteiger partial charge is 0.310 e. The minimum absolute atomic E-state index is 0.108. The summed E-state index contributed by atoms with van der Waals surface area (Å²) in [6.07, 6.45) is -4.09. The largest absolute Gasteiger partial charge is 0.389 e. The van der Waals surface area contributed by atoms with Gasteiger partial charge in [-0.3, -0.25) is 4.79 Å². The van der Waals surface area contributed by atoms with Crippen molar-refractivity contribution in [2.24, 2.45) is 0 Å². The van der Waals surface area contributed by atoms with E-state index in [0.717, 1.165) is 6.42 Å². The third kappa shape index (κ3) is 4.64. The number of nitrogens with zero attached hydrogens (tertiary/aromatic N) is 1. The van der Waals surface area contributed by atoms with Crippen LogP contribution in [0.5, 0.6) is 0 Å². The maximum atomic E-state index is 12.0. The number of aryl methyl sites for hydroxylation is 2. The highest BCUT2D eigenvalue weighted by Gasteiger charge is 2.27. The van der Waals surface area contributed by atoms with Crippen LogP contribution in [0.25, 0.3) is 0 Å². The fourth-order valence-electron chi connectivity index (χ4n) is 1.34. The molecular formula is C10H12F3IN2O. The molecule has 96 valence electrons. The number of alkyl halides is 3. The molecule has 0 saturated heterocycles. The van der Waals surface area contributed by atoms with E-state index in [9.17, 15) is 18.0 Å². The van der Waals surface area contributed by atoms with E-state index in [1.165, 1.54) is 0 Å². The SMILES string of the molecule is CCCc1nc(CCC(F)(F)F)[nH]c(=O)c1I. The van der Waals surface area contributed by atoms with E-state index in [4.69, 9.17) is 0 Å². The lowest BCUT2D eigenvalue weighted by Gasteiger charge is -2.07. The van der Waals surface area contributed by atoms with Crippen molar-refractivity contribution in [2.45, 2.75) is 38.8 Å². The van der Waals surface area contributed by atoms with Crippen LogP contribution in [0.15, 0.2) is 4.79 Å². The summed E-state index contributed by atoms with van der Waals surface area (Å²) in [5.41, 5.74) is 0.218. The lowest BCUT2D eigenvalue weighted by molar-refractivity contribution is -0.134. The Labute approximate surface area is 110 Å². The standard InChI is InChI=1S/C10H12F3IN2O/c1-2-3-6-8(14)9(17)16-7(15-6)4-5-10(11,12)13/h2-5H2,1H3,(H,15,16,17). The molecule has 0 fully saturated rings. The van der Waals surface area contributed by atoms with Gasteiger partial charge in [0.05, 0.1) is 15.7 Å². The molecule has 1 heterocycles. The van der Waals surface area contributed by atoms with Crippen molar-refractivity contribution in [3.8, 4) is 0 Å². The van der Waals surface area contributed by atoms with Crippen LogP contribution in [0, 0.1) is 3.57 Å². The Bertz CT molecular complexity index is 442. The molecule has 1 rings (SSSR count). The Morgan fingerprint density at radius 3 is 2.53 bits per heavy atom. The Balaban J connectivity index is 2.91. The molecule has 0 aliphatic heterocycles. The average molecular weight is 360 g/mol. The Kier molecular flexibility index (Phi) is 4.96. The first-order valence-electron chi connectivity index (χ1n) is 5.18. The molecule has 1 N–H and O–H groups in total. The first-order chi connectivity index (χ1) is 7.83. The van der Waals surface area contributed by atoms with E-state index in [0.29, 0.717) is 15.7 Å². The maximum absolute atomic E-state index is 12.0. The van der Waals surface area contributed by atoms with Gasteiger partial charge in [-0.25, -0.2) is 4.98 Å². The topological polar surface area (TPSA) is 45.8 Å². The molecule has 0 aliphatic carbocycles. The van der Waals surface area contributed by atoms with Crippen molar-refractivity contribution in [3.05, 3.63) is 25.4 Å². The summed E-state index contributed by atoms with van der Waals surface area (Å²) in [4.78, 5) is 17.9. The number of nitrogens with one attached hydrogen (secondary N) is 1. The van der Waals surface area contributed by atoms with Crippen molar-refractivity contribution < 1.29 is 13.2 Å². The third-order valence-corrected chi connectivity index (χ3v) is 3.23. The van der Waals surface area contributed by atoms with Crippen LogP contribution in [0.1, 0.15) is 31.3 Å². The Hall–Kier alpha value is -0.600. The predicted octanol–water partition coefficient (Wildman–Crippen LogP) is 2.82. The van der Waals surface area contributed by atoms with Crippen molar-refractivity contribution in [3.63, 3.8) is 0 Å². The van der Waals surface area contributed by atoms with Gasteiger partial charge in [0, 0.05) is 6.42 Å². The van der Waals surface area contributed by atoms with Gasteiger partial charge in [0.1, 0.15) is 5.82 Å². The zero-order valence-electron chi connectivity index (χ0n) is 9.20. The lowest BCUT2D eigenvalue weighted by Crippen LogP contribution is -2.19. The van der Waals surface area contributed by atoms with Gasteiger partial charge in [0.15, 0.2) is 0 Å². The molecular weight excluding hydrogens is 348 g/mol. The first-order valence-corrected chi connectivity index (χ1v) is 6.25. The summed E-state index contributed by atoms with van der Waals surface area (Å²) in [6.45, 7) is 1.92. The zero-order valence-corrected chi connectivity index (χ0v) is 11.4. The second kappa shape index (κ2) is 5.83. The second-order valence-corrected chi connectivity index (χ2v) is 4.72. The van der Waals surface area contributed by atoms with E-state index >= 15 is 0 Å². The summed E-state index contributed by atoms with van der Waals surface area (Å²) in [6, 6.07) is 0. The van der Waals surface area contributed by atoms with Crippen molar-refractivity contribution in [1.82, 2.24) is 9.97 Å². The van der Waals surface area contributed by atoms with E-state index in [1.54, 1.807) is 0 Å². The van der Waals surface area contributed by atoms with Crippen molar-refractivity contribution >= 4 is 22.6 Å². The van der Waals surface area contributed by atoms with Crippen LogP contribution >= 0.6 is 22.6 Å². The van der Waals surface area contributed by atoms with E-state index in [-0.39, 0.29) is 17.8 Å². The number of H-pyrrole nitrogens is 1. The molecule has 17 heavy (non-hydrogen) atoms. The molecule has 0 bridgehead atoms. The van der Waals surface area contributed by atoms with Gasteiger partial charge in [-0.05, 0) is 29.0 Å². The summed E-state index contributed by atoms with van der Waals surface area (Å²) >= 11 is 1.86. The summed E-state index contributed by atoms with van der Waals surface area (Å²) < 4.78 is 36.6. The molecule has 0 spiro atoms. The van der Waals surface area contributed by atoms with Gasteiger partial charge in [0.2, 0.25) is 0 Å². The lowest BCUT2D eigenvalue weighted by atomic mass is 10.2. The molecule has 0 saturated carbocycles. The fourth-order valence-corrected chi connectivity index (χ4v) is 1.86. The Morgan fingerprint density at radius 2 is 2.00 bits per heavy atom. The van der Waals surface area contributed by atoms with Crippen molar-refractivity contribution in [2.75, 3.05) is 0 Å². The molecule has 1 aromatic heterocycles. The molecule has 0 radical (unpaired) electrons. The highest BCUT2D eigenvalue weighted by atomic mass is 127. The first kappa shape index (κ1) is 14.5. The van der Waals surface area contributed by atoms with Gasteiger partial charge in [-0.15, -0.1) is 0 Å². The number of halogens is 4. The van der Waals surface area contributed by atoms with E-state index < -0.39 is 12.6 Å². The van der Waals surface area contributed by atoms with Gasteiger partial charge in [-0.1, -0.05) is 13.3 Å². The summed E-state index contributed by atoms with van der Waals surface area (Å²) in [5.74, 6) is 0.108. The minimum Gasteiger partial charge on any atom is -0.310 e. The zero-order chi connectivity index (χ0) is 13.1. The van der Waals surface area contributed by atoms with Crippen LogP contribution < -0.4 is 5.56 Å². The summed E-state index contributed by atoms with van der Waals surface area (Å²) in [7, 11) is 0. The van der Waals surface area contributed by atoms with Gasteiger partial charge >= 0.3 is 6.18 Å². The molecule has 0 amide bonds. The molecule has 3 nitrogen and oxygen atoms in total. The predicted molar refractivity (Wildman–Crippen MR) is 65.9 cm³/mol. The quantitative estimate of drug-likeness (QED) is 0.840. The third-order valence-electron chi connectivity index (χ3n) is 2.11. The number of aromatic amines is 1. The van der Waals surface area contributed by atoms with Crippen LogP contribution in [0.3, 0.4) is 0 Å². The number of hydrogen-bond acceptors (Lipinski definition) is 2. The second-order valence-electron chi connectivity index (χ2n) is 3.64. The fraction of sp³-hybridized carbons (Fsp3) is 0.600.